The number of nitrogens with one attached hydrogen (secondary N) is 1. The van der Waals surface area contributed by atoms with E-state index in [2.05, 4.69) is 10.4 Å². The van der Waals surface area contributed by atoms with Crippen LogP contribution in [0.4, 0.5) is 0 Å². The van der Waals surface area contributed by atoms with Crippen LogP contribution in [0.5, 0.6) is 0 Å². The van der Waals surface area contributed by atoms with Crippen LogP contribution >= 0.6 is 0 Å². The van der Waals surface area contributed by atoms with Crippen molar-refractivity contribution in [1.82, 2.24) is 20.0 Å². The summed E-state index contributed by atoms with van der Waals surface area (Å²) in [6.45, 7) is 4.57. The Hall–Kier alpha value is -2.14. The lowest BCUT2D eigenvalue weighted by atomic mass is 10.1. The molecule has 116 valence electrons. The highest BCUT2D eigenvalue weighted by atomic mass is 16.2. The Morgan fingerprint density at radius 3 is 2.86 bits per heavy atom. The molecular weight excluding hydrogens is 276 g/mol. The third-order valence-corrected chi connectivity index (χ3v) is 4.17. The van der Waals surface area contributed by atoms with Crippen LogP contribution in [0.3, 0.4) is 0 Å². The van der Waals surface area contributed by atoms with Gasteiger partial charge in [0.25, 0.3) is 5.91 Å². The van der Waals surface area contributed by atoms with E-state index in [9.17, 15) is 4.79 Å². The van der Waals surface area contributed by atoms with E-state index in [0.717, 1.165) is 37.4 Å². The Morgan fingerprint density at radius 2 is 2.14 bits per heavy atom. The minimum Gasteiger partial charge on any atom is -0.337 e. The lowest BCUT2D eigenvalue weighted by Crippen LogP contribution is -2.30. The van der Waals surface area contributed by atoms with Gasteiger partial charge in [-0.1, -0.05) is 18.2 Å². The molecule has 1 atom stereocenters. The highest BCUT2D eigenvalue weighted by Gasteiger charge is 2.28. The van der Waals surface area contributed by atoms with Gasteiger partial charge in [0.1, 0.15) is 0 Å². The number of aromatic nitrogens is 2. The summed E-state index contributed by atoms with van der Waals surface area (Å²) >= 11 is 0. The molecule has 0 aliphatic carbocycles. The molecule has 1 fully saturated rings. The van der Waals surface area contributed by atoms with Crippen molar-refractivity contribution in [3.8, 4) is 5.69 Å². The number of carbonyl (C=O) groups excluding carboxylic acids is 1. The van der Waals surface area contributed by atoms with E-state index in [4.69, 9.17) is 0 Å². The predicted octanol–water partition coefficient (Wildman–Crippen LogP) is 1.86. The lowest BCUT2D eigenvalue weighted by molar-refractivity contribution is 0.0781. The van der Waals surface area contributed by atoms with E-state index in [-0.39, 0.29) is 5.91 Å². The minimum atomic E-state index is 0.0383. The Balaban J connectivity index is 1.77. The van der Waals surface area contributed by atoms with Gasteiger partial charge in [0.15, 0.2) is 5.69 Å². The van der Waals surface area contributed by atoms with Gasteiger partial charge in [0.05, 0.1) is 5.69 Å². The van der Waals surface area contributed by atoms with Gasteiger partial charge in [0.2, 0.25) is 0 Å². The number of hydrogen-bond acceptors (Lipinski definition) is 3. The van der Waals surface area contributed by atoms with Crippen LogP contribution in [0.1, 0.15) is 22.6 Å². The molecule has 22 heavy (non-hydrogen) atoms. The zero-order chi connectivity index (χ0) is 15.5. The van der Waals surface area contributed by atoms with Gasteiger partial charge in [0, 0.05) is 18.8 Å². The van der Waals surface area contributed by atoms with E-state index in [1.54, 1.807) is 0 Å². The summed E-state index contributed by atoms with van der Waals surface area (Å²) in [6, 6.07) is 11.8. The summed E-state index contributed by atoms with van der Waals surface area (Å²) < 4.78 is 1.83. The van der Waals surface area contributed by atoms with Crippen LogP contribution in [0.2, 0.25) is 0 Å². The molecule has 5 heteroatoms. The average Bonchev–Trinajstić information content (AvgIpc) is 3.15. The molecule has 0 bridgehead atoms. The van der Waals surface area contributed by atoms with Gasteiger partial charge in [-0.05, 0) is 51.1 Å². The number of hydrogen-bond donors (Lipinski definition) is 1. The molecule has 1 amide bonds. The van der Waals surface area contributed by atoms with Gasteiger partial charge in [-0.25, -0.2) is 4.68 Å². The van der Waals surface area contributed by atoms with Gasteiger partial charge in [-0.2, -0.15) is 5.10 Å². The van der Waals surface area contributed by atoms with E-state index < -0.39 is 0 Å². The van der Waals surface area contributed by atoms with Crippen molar-refractivity contribution >= 4 is 5.91 Å². The SMILES string of the molecule is CNC[C@H]1CCN(C(=O)c2cc(C)n(-c3ccccc3)n2)C1. The second kappa shape index (κ2) is 6.32. The number of benzene rings is 1. The van der Waals surface area contributed by atoms with Crippen LogP contribution in [0.25, 0.3) is 5.69 Å². The lowest BCUT2D eigenvalue weighted by Gasteiger charge is -2.15. The molecule has 1 N–H and O–H groups in total. The fraction of sp³-hybridized carbons (Fsp3) is 0.412. The molecule has 0 spiro atoms. The Bertz CT molecular complexity index is 650. The molecular formula is C17H22N4O. The Morgan fingerprint density at radius 1 is 1.36 bits per heavy atom. The minimum absolute atomic E-state index is 0.0383. The monoisotopic (exact) mass is 298 g/mol. The third-order valence-electron chi connectivity index (χ3n) is 4.17. The number of nitrogens with zero attached hydrogens (tertiary/aromatic N) is 3. The highest BCUT2D eigenvalue weighted by molar-refractivity contribution is 5.92. The van der Waals surface area contributed by atoms with Gasteiger partial charge in [-0.15, -0.1) is 0 Å². The third kappa shape index (κ3) is 2.90. The molecule has 1 aromatic carbocycles. The molecule has 2 heterocycles. The summed E-state index contributed by atoms with van der Waals surface area (Å²) in [5.74, 6) is 0.586. The topological polar surface area (TPSA) is 50.2 Å². The van der Waals surface area contributed by atoms with Crippen molar-refractivity contribution in [2.24, 2.45) is 5.92 Å². The molecule has 5 nitrogen and oxygen atoms in total. The predicted molar refractivity (Wildman–Crippen MR) is 86.2 cm³/mol. The van der Waals surface area contributed by atoms with E-state index in [1.165, 1.54) is 0 Å². The normalized spacial score (nSPS) is 17.9. The fourth-order valence-corrected chi connectivity index (χ4v) is 3.04. The second-order valence-corrected chi connectivity index (χ2v) is 5.88. The molecule has 0 unspecified atom stereocenters. The van der Waals surface area contributed by atoms with E-state index >= 15 is 0 Å². The van der Waals surface area contributed by atoms with Crippen LogP contribution in [-0.4, -0.2) is 47.3 Å². The van der Waals surface area contributed by atoms with E-state index in [1.807, 2.05) is 60.0 Å². The van der Waals surface area contributed by atoms with Crippen molar-refractivity contribution in [2.45, 2.75) is 13.3 Å². The van der Waals surface area contributed by atoms with Crippen molar-refractivity contribution in [1.29, 1.82) is 0 Å². The molecule has 2 aromatic rings. The van der Waals surface area contributed by atoms with Gasteiger partial charge in [-0.3, -0.25) is 4.79 Å². The quantitative estimate of drug-likeness (QED) is 0.937. The van der Waals surface area contributed by atoms with Crippen LogP contribution in [0, 0.1) is 12.8 Å². The molecule has 0 saturated carbocycles. The summed E-state index contributed by atoms with van der Waals surface area (Å²) in [6.07, 6.45) is 1.06. The summed E-state index contributed by atoms with van der Waals surface area (Å²) in [5, 5.41) is 7.69. The maximum Gasteiger partial charge on any atom is 0.274 e. The molecule has 1 aromatic heterocycles. The molecule has 3 rings (SSSR count). The van der Waals surface area contributed by atoms with Crippen molar-refractivity contribution in [3.63, 3.8) is 0 Å². The number of aryl methyl sites for hydroxylation is 1. The smallest absolute Gasteiger partial charge is 0.274 e. The first-order valence-electron chi connectivity index (χ1n) is 7.75. The highest BCUT2D eigenvalue weighted by Crippen LogP contribution is 2.19. The Labute approximate surface area is 130 Å². The van der Waals surface area contributed by atoms with Crippen LogP contribution < -0.4 is 5.32 Å². The largest absolute Gasteiger partial charge is 0.337 e. The summed E-state index contributed by atoms with van der Waals surface area (Å²) in [5.41, 5.74) is 2.49. The molecule has 0 radical (unpaired) electrons. The molecule has 1 aliphatic heterocycles. The summed E-state index contributed by atoms with van der Waals surface area (Å²) in [4.78, 5) is 14.5. The zero-order valence-electron chi connectivity index (χ0n) is 13.1. The number of amides is 1. The maximum atomic E-state index is 12.6. The first kappa shape index (κ1) is 14.8. The van der Waals surface area contributed by atoms with Crippen molar-refractivity contribution in [2.75, 3.05) is 26.7 Å². The van der Waals surface area contributed by atoms with Crippen LogP contribution in [0.15, 0.2) is 36.4 Å². The average molecular weight is 298 g/mol. The molecule has 1 saturated heterocycles. The van der Waals surface area contributed by atoms with Crippen molar-refractivity contribution in [3.05, 3.63) is 47.8 Å². The van der Waals surface area contributed by atoms with Gasteiger partial charge >= 0.3 is 0 Å². The maximum absolute atomic E-state index is 12.6. The first-order chi connectivity index (χ1) is 10.7. The van der Waals surface area contributed by atoms with Gasteiger partial charge < -0.3 is 10.2 Å². The number of likely N-dealkylation sites (tertiary alicyclic amines) is 1. The summed E-state index contributed by atoms with van der Waals surface area (Å²) in [7, 11) is 1.95. The molecule has 1 aliphatic rings. The van der Waals surface area contributed by atoms with Crippen molar-refractivity contribution < 1.29 is 4.79 Å². The fourth-order valence-electron chi connectivity index (χ4n) is 3.04. The van der Waals surface area contributed by atoms with E-state index in [0.29, 0.717) is 11.6 Å². The standard InChI is InChI=1S/C17H22N4O/c1-13-10-16(19-21(13)15-6-4-3-5-7-15)17(22)20-9-8-14(12-20)11-18-2/h3-7,10,14,18H,8-9,11-12H2,1-2H3/t14-/m1/s1. The number of para-hydroxylation sites is 1. The first-order valence-corrected chi connectivity index (χ1v) is 7.75. The zero-order valence-corrected chi connectivity index (χ0v) is 13.1. The Kier molecular flexibility index (Phi) is 4.24. The number of carbonyl (C=O) groups is 1. The number of rotatable bonds is 4. The van der Waals surface area contributed by atoms with Crippen LogP contribution in [-0.2, 0) is 0 Å². The second-order valence-electron chi connectivity index (χ2n) is 5.88.